The van der Waals surface area contributed by atoms with Gasteiger partial charge in [-0.05, 0) is 54.9 Å². The fourth-order valence-electron chi connectivity index (χ4n) is 4.38. The number of hydrogen-bond donors (Lipinski definition) is 1. The zero-order chi connectivity index (χ0) is 15.1. The van der Waals surface area contributed by atoms with Crippen LogP contribution in [0, 0.1) is 11.3 Å². The first-order chi connectivity index (χ1) is 9.97. The smallest absolute Gasteiger partial charge is 0.0364 e. The van der Waals surface area contributed by atoms with Crippen LogP contribution in [0.25, 0.3) is 0 Å². The normalized spacial score (nSPS) is 32.5. The van der Waals surface area contributed by atoms with Crippen molar-refractivity contribution >= 4 is 11.3 Å². The van der Waals surface area contributed by atoms with E-state index in [1.165, 1.54) is 37.0 Å². The van der Waals surface area contributed by atoms with Crippen molar-refractivity contribution in [1.82, 2.24) is 4.90 Å². The third-order valence-electron chi connectivity index (χ3n) is 5.83. The summed E-state index contributed by atoms with van der Waals surface area (Å²) in [7, 11) is 0. The summed E-state index contributed by atoms with van der Waals surface area (Å²) in [5, 5.41) is 2.20. The van der Waals surface area contributed by atoms with Gasteiger partial charge in [-0.1, -0.05) is 26.8 Å². The molecule has 118 valence electrons. The van der Waals surface area contributed by atoms with Crippen LogP contribution in [-0.4, -0.2) is 23.0 Å². The van der Waals surface area contributed by atoms with Crippen molar-refractivity contribution in [3.63, 3.8) is 0 Å². The second-order valence-electron chi connectivity index (χ2n) is 8.02. The monoisotopic (exact) mass is 306 g/mol. The molecule has 0 bridgehead atoms. The summed E-state index contributed by atoms with van der Waals surface area (Å²) in [6.07, 6.45) is 6.60. The molecule has 0 aliphatic heterocycles. The largest absolute Gasteiger partial charge is 0.329 e. The van der Waals surface area contributed by atoms with Gasteiger partial charge in [-0.3, -0.25) is 4.90 Å². The van der Waals surface area contributed by atoms with Gasteiger partial charge in [-0.2, -0.15) is 0 Å². The van der Waals surface area contributed by atoms with Gasteiger partial charge < -0.3 is 5.73 Å². The lowest BCUT2D eigenvalue weighted by Crippen LogP contribution is -2.61. The molecule has 2 saturated carbocycles. The number of nitrogens with zero attached hydrogens (tertiary/aromatic N) is 1. The number of nitrogens with two attached hydrogens (primary N) is 1. The molecule has 0 spiro atoms. The van der Waals surface area contributed by atoms with E-state index in [4.69, 9.17) is 5.73 Å². The highest BCUT2D eigenvalue weighted by Crippen LogP contribution is 2.49. The van der Waals surface area contributed by atoms with Gasteiger partial charge in [0.1, 0.15) is 0 Å². The molecule has 0 aromatic carbocycles. The maximum Gasteiger partial charge on any atom is 0.0364 e. The lowest BCUT2D eigenvalue weighted by atomic mass is 9.63. The maximum absolute atomic E-state index is 6.37. The van der Waals surface area contributed by atoms with Crippen LogP contribution in [0.4, 0.5) is 0 Å². The van der Waals surface area contributed by atoms with Gasteiger partial charge in [0.25, 0.3) is 0 Å². The lowest BCUT2D eigenvalue weighted by molar-refractivity contribution is -0.0324. The molecule has 2 aliphatic carbocycles. The molecule has 2 atom stereocenters. The molecule has 2 nitrogen and oxygen atoms in total. The van der Waals surface area contributed by atoms with E-state index < -0.39 is 0 Å². The minimum atomic E-state index is 0.223. The predicted octanol–water partition coefficient (Wildman–Crippen LogP) is 4.26. The molecule has 1 aromatic rings. The lowest BCUT2D eigenvalue weighted by Gasteiger charge is -2.54. The van der Waals surface area contributed by atoms with Crippen LogP contribution in [0.3, 0.4) is 0 Å². The molecule has 2 aliphatic rings. The zero-order valence-electron chi connectivity index (χ0n) is 13.8. The van der Waals surface area contributed by atoms with Crippen molar-refractivity contribution in [2.75, 3.05) is 6.54 Å². The second kappa shape index (κ2) is 5.68. The minimum Gasteiger partial charge on any atom is -0.329 e. The van der Waals surface area contributed by atoms with Crippen molar-refractivity contribution in [2.45, 2.75) is 71.0 Å². The minimum absolute atomic E-state index is 0.223. The molecule has 0 radical (unpaired) electrons. The Morgan fingerprint density at radius 3 is 2.62 bits per heavy atom. The van der Waals surface area contributed by atoms with E-state index in [0.29, 0.717) is 11.3 Å². The van der Waals surface area contributed by atoms with Crippen LogP contribution in [-0.2, 0) is 6.54 Å². The summed E-state index contributed by atoms with van der Waals surface area (Å²) in [5.74, 6) is 0.687. The van der Waals surface area contributed by atoms with E-state index in [9.17, 15) is 0 Å². The summed E-state index contributed by atoms with van der Waals surface area (Å²) < 4.78 is 0. The summed E-state index contributed by atoms with van der Waals surface area (Å²) in [5.41, 5.74) is 7.08. The summed E-state index contributed by atoms with van der Waals surface area (Å²) in [6, 6.07) is 5.23. The molecular formula is C18H30N2S. The molecule has 2 unspecified atom stereocenters. The Labute approximate surface area is 133 Å². The molecule has 1 aromatic heterocycles. The third kappa shape index (κ3) is 3.06. The van der Waals surface area contributed by atoms with E-state index in [2.05, 4.69) is 43.2 Å². The first-order valence-electron chi connectivity index (χ1n) is 8.46. The van der Waals surface area contributed by atoms with Crippen LogP contribution >= 0.6 is 11.3 Å². The van der Waals surface area contributed by atoms with Crippen molar-refractivity contribution in [1.29, 1.82) is 0 Å². The SMILES string of the molecule is CC1CC(C)(C)CCC1(CN)N(Cc1cccs1)C1CC1. The molecule has 21 heavy (non-hydrogen) atoms. The fraction of sp³-hybridized carbons (Fsp3) is 0.778. The zero-order valence-corrected chi connectivity index (χ0v) is 14.6. The predicted molar refractivity (Wildman–Crippen MR) is 91.5 cm³/mol. The van der Waals surface area contributed by atoms with E-state index >= 15 is 0 Å². The van der Waals surface area contributed by atoms with E-state index in [1.807, 2.05) is 11.3 Å². The van der Waals surface area contributed by atoms with Gasteiger partial charge in [0.2, 0.25) is 0 Å². The van der Waals surface area contributed by atoms with Crippen LogP contribution in [0.15, 0.2) is 17.5 Å². The average Bonchev–Trinajstić information content (AvgIpc) is 3.14. The molecule has 1 heterocycles. The highest BCUT2D eigenvalue weighted by molar-refractivity contribution is 7.09. The first-order valence-corrected chi connectivity index (χ1v) is 9.34. The highest BCUT2D eigenvalue weighted by atomic mass is 32.1. The van der Waals surface area contributed by atoms with Gasteiger partial charge in [-0.15, -0.1) is 11.3 Å². The second-order valence-corrected chi connectivity index (χ2v) is 9.05. The van der Waals surface area contributed by atoms with E-state index in [-0.39, 0.29) is 5.54 Å². The molecular weight excluding hydrogens is 276 g/mol. The molecule has 2 fully saturated rings. The van der Waals surface area contributed by atoms with Crippen LogP contribution in [0.5, 0.6) is 0 Å². The Morgan fingerprint density at radius 2 is 2.10 bits per heavy atom. The molecule has 0 amide bonds. The molecule has 0 saturated heterocycles. The number of rotatable bonds is 5. The molecule has 2 N–H and O–H groups in total. The Balaban J connectivity index is 1.84. The van der Waals surface area contributed by atoms with Crippen LogP contribution in [0.2, 0.25) is 0 Å². The summed E-state index contributed by atoms with van der Waals surface area (Å²) >= 11 is 1.89. The third-order valence-corrected chi connectivity index (χ3v) is 6.69. The van der Waals surface area contributed by atoms with Gasteiger partial charge in [0.05, 0.1) is 0 Å². The topological polar surface area (TPSA) is 29.3 Å². The quantitative estimate of drug-likeness (QED) is 0.881. The standard InChI is InChI=1S/C18H30N2S/c1-14-11-17(2,3)8-9-18(14,13-19)20(15-6-7-15)12-16-5-4-10-21-16/h4-5,10,14-15H,6-9,11-13,19H2,1-3H3. The number of thiophene rings is 1. The Kier molecular flexibility index (Phi) is 4.19. The van der Waals surface area contributed by atoms with Gasteiger partial charge >= 0.3 is 0 Å². The van der Waals surface area contributed by atoms with Gasteiger partial charge in [0, 0.05) is 29.5 Å². The maximum atomic E-state index is 6.37. The van der Waals surface area contributed by atoms with Crippen molar-refractivity contribution in [2.24, 2.45) is 17.1 Å². The number of hydrogen-bond acceptors (Lipinski definition) is 3. The van der Waals surface area contributed by atoms with E-state index in [1.54, 1.807) is 0 Å². The molecule has 3 heteroatoms. The van der Waals surface area contributed by atoms with Gasteiger partial charge in [0.15, 0.2) is 0 Å². The summed E-state index contributed by atoms with van der Waals surface area (Å²) in [4.78, 5) is 4.28. The fourth-order valence-corrected chi connectivity index (χ4v) is 5.08. The van der Waals surface area contributed by atoms with Crippen molar-refractivity contribution < 1.29 is 0 Å². The average molecular weight is 307 g/mol. The summed E-state index contributed by atoms with van der Waals surface area (Å²) in [6.45, 7) is 9.20. The van der Waals surface area contributed by atoms with Gasteiger partial charge in [-0.25, -0.2) is 0 Å². The Morgan fingerprint density at radius 1 is 1.33 bits per heavy atom. The van der Waals surface area contributed by atoms with Crippen molar-refractivity contribution in [3.05, 3.63) is 22.4 Å². The van der Waals surface area contributed by atoms with Crippen LogP contribution < -0.4 is 5.73 Å². The Hall–Kier alpha value is -0.380. The first kappa shape index (κ1) is 15.5. The highest BCUT2D eigenvalue weighted by Gasteiger charge is 2.50. The molecule has 3 rings (SSSR count). The Bertz CT molecular complexity index is 464. The van der Waals surface area contributed by atoms with Crippen molar-refractivity contribution in [3.8, 4) is 0 Å². The van der Waals surface area contributed by atoms with E-state index in [0.717, 1.165) is 19.1 Å². The van der Waals surface area contributed by atoms with Crippen LogP contribution in [0.1, 0.15) is 57.8 Å².